The minimum Gasteiger partial charge on any atom is -0.353 e. The van der Waals surface area contributed by atoms with E-state index in [1.54, 1.807) is 24.9 Å². The van der Waals surface area contributed by atoms with Gasteiger partial charge in [0, 0.05) is 39.4 Å². The topological polar surface area (TPSA) is 93.2 Å². The molecule has 0 saturated carbocycles. The maximum absolute atomic E-state index is 11.3. The molecule has 122 valence electrons. The van der Waals surface area contributed by atoms with Gasteiger partial charge in [-0.05, 0) is 19.9 Å². The number of piperazine rings is 1. The Morgan fingerprint density at radius 3 is 2.43 bits per heavy atom. The van der Waals surface area contributed by atoms with Crippen LogP contribution in [0, 0.1) is 24.0 Å². The molecule has 9 nitrogen and oxygen atoms in total. The fourth-order valence-corrected chi connectivity index (χ4v) is 2.97. The van der Waals surface area contributed by atoms with Gasteiger partial charge in [-0.15, -0.1) is 0 Å². The molecule has 0 aromatic carbocycles. The second-order valence-electron chi connectivity index (χ2n) is 5.57. The van der Waals surface area contributed by atoms with Gasteiger partial charge < -0.3 is 9.80 Å². The first-order valence-corrected chi connectivity index (χ1v) is 7.45. The molecule has 0 bridgehead atoms. The fraction of sp³-hybridized carbons (Fsp3) is 0.500. The lowest BCUT2D eigenvalue weighted by atomic mass is 10.3. The van der Waals surface area contributed by atoms with E-state index < -0.39 is 0 Å². The molecule has 0 amide bonds. The molecular formula is C14H19N7O2. The lowest BCUT2D eigenvalue weighted by Crippen LogP contribution is -2.47. The number of aromatic nitrogens is 4. The molecule has 1 saturated heterocycles. The van der Waals surface area contributed by atoms with Gasteiger partial charge in [0.05, 0.1) is 4.92 Å². The summed E-state index contributed by atoms with van der Waals surface area (Å²) in [5.41, 5.74) is 0.542. The van der Waals surface area contributed by atoms with Crippen LogP contribution in [0.2, 0.25) is 0 Å². The lowest BCUT2D eigenvalue weighted by Gasteiger charge is -2.35. The van der Waals surface area contributed by atoms with Crippen molar-refractivity contribution >= 4 is 17.3 Å². The van der Waals surface area contributed by atoms with Crippen molar-refractivity contribution in [2.45, 2.75) is 13.8 Å². The summed E-state index contributed by atoms with van der Waals surface area (Å²) in [5.74, 6) is 2.21. The number of hydrogen-bond acceptors (Lipinski definition) is 7. The first-order chi connectivity index (χ1) is 11.0. The minimum atomic E-state index is -0.349. The Labute approximate surface area is 133 Å². The van der Waals surface area contributed by atoms with Crippen molar-refractivity contribution in [2.75, 3.05) is 36.0 Å². The summed E-state index contributed by atoms with van der Waals surface area (Å²) in [7, 11) is 1.75. The summed E-state index contributed by atoms with van der Waals surface area (Å²) in [5, 5.41) is 15.5. The standard InChI is InChI=1S/C14H19N7O2/c1-10-13(21(22)23)14(18(3)17-10)20-8-6-19(7-9-20)12-4-5-15-11(2)16-12/h4-5H,6-9H2,1-3H3. The highest BCUT2D eigenvalue weighted by molar-refractivity contribution is 5.62. The van der Waals surface area contributed by atoms with Crippen molar-refractivity contribution in [3.63, 3.8) is 0 Å². The first kappa shape index (κ1) is 15.2. The molecule has 0 atom stereocenters. The zero-order valence-electron chi connectivity index (χ0n) is 13.4. The second kappa shape index (κ2) is 5.82. The van der Waals surface area contributed by atoms with E-state index in [0.29, 0.717) is 24.6 Å². The van der Waals surface area contributed by atoms with Gasteiger partial charge in [-0.3, -0.25) is 10.1 Å². The molecule has 0 unspecified atom stereocenters. The van der Waals surface area contributed by atoms with Gasteiger partial charge in [0.2, 0.25) is 5.82 Å². The molecule has 0 spiro atoms. The van der Waals surface area contributed by atoms with E-state index in [1.165, 1.54) is 0 Å². The highest BCUT2D eigenvalue weighted by Crippen LogP contribution is 2.31. The van der Waals surface area contributed by atoms with Gasteiger partial charge in [-0.1, -0.05) is 0 Å². The smallest absolute Gasteiger partial charge is 0.333 e. The number of nitro groups is 1. The molecule has 2 aromatic heterocycles. The third kappa shape index (κ3) is 2.81. The summed E-state index contributed by atoms with van der Waals surface area (Å²) >= 11 is 0. The highest BCUT2D eigenvalue weighted by atomic mass is 16.6. The van der Waals surface area contributed by atoms with Crippen molar-refractivity contribution in [1.82, 2.24) is 19.7 Å². The SMILES string of the molecule is Cc1nccc(N2CCN(c3c([N+](=O)[O-])c(C)nn3C)CC2)n1. The molecule has 1 aliphatic heterocycles. The summed E-state index contributed by atoms with van der Waals surface area (Å²) in [6.07, 6.45) is 1.75. The third-order valence-corrected chi connectivity index (χ3v) is 4.01. The minimum absolute atomic E-state index is 0.0961. The Balaban J connectivity index is 1.79. The number of nitrogens with zero attached hydrogens (tertiary/aromatic N) is 7. The van der Waals surface area contributed by atoms with Gasteiger partial charge >= 0.3 is 5.69 Å². The van der Waals surface area contributed by atoms with Gasteiger partial charge in [0.1, 0.15) is 17.3 Å². The first-order valence-electron chi connectivity index (χ1n) is 7.45. The number of hydrogen-bond donors (Lipinski definition) is 0. The molecule has 0 aliphatic carbocycles. The molecule has 3 heterocycles. The van der Waals surface area contributed by atoms with Crippen molar-refractivity contribution in [1.29, 1.82) is 0 Å². The molecular weight excluding hydrogens is 298 g/mol. The van der Waals surface area contributed by atoms with Crippen LogP contribution in [0.5, 0.6) is 0 Å². The van der Waals surface area contributed by atoms with Crippen LogP contribution in [-0.4, -0.2) is 50.9 Å². The Hall–Kier alpha value is -2.71. The Kier molecular flexibility index (Phi) is 3.85. The van der Waals surface area contributed by atoms with Crippen LogP contribution in [-0.2, 0) is 7.05 Å². The van der Waals surface area contributed by atoms with Crippen molar-refractivity contribution in [3.8, 4) is 0 Å². The summed E-state index contributed by atoms with van der Waals surface area (Å²) in [4.78, 5) is 23.7. The van der Waals surface area contributed by atoms with Gasteiger partial charge in [-0.25, -0.2) is 14.6 Å². The van der Waals surface area contributed by atoms with Crippen molar-refractivity contribution < 1.29 is 4.92 Å². The van der Waals surface area contributed by atoms with E-state index in [-0.39, 0.29) is 10.6 Å². The molecule has 0 N–H and O–H groups in total. The molecule has 1 aliphatic rings. The molecule has 0 radical (unpaired) electrons. The second-order valence-corrected chi connectivity index (χ2v) is 5.57. The van der Waals surface area contributed by atoms with Crippen LogP contribution in [0.3, 0.4) is 0 Å². The molecule has 1 fully saturated rings. The van der Waals surface area contributed by atoms with E-state index in [4.69, 9.17) is 0 Å². The third-order valence-electron chi connectivity index (χ3n) is 4.01. The highest BCUT2D eigenvalue weighted by Gasteiger charge is 2.30. The van der Waals surface area contributed by atoms with E-state index in [9.17, 15) is 10.1 Å². The van der Waals surface area contributed by atoms with Crippen LogP contribution in [0.4, 0.5) is 17.3 Å². The zero-order valence-corrected chi connectivity index (χ0v) is 13.4. The fourth-order valence-electron chi connectivity index (χ4n) is 2.97. The van der Waals surface area contributed by atoms with Crippen LogP contribution in [0.1, 0.15) is 11.5 Å². The van der Waals surface area contributed by atoms with Gasteiger partial charge in [0.15, 0.2) is 0 Å². The van der Waals surface area contributed by atoms with Crippen molar-refractivity contribution in [2.24, 2.45) is 7.05 Å². The zero-order chi connectivity index (χ0) is 16.6. The maximum Gasteiger partial charge on any atom is 0.333 e. The lowest BCUT2D eigenvalue weighted by molar-refractivity contribution is -0.384. The van der Waals surface area contributed by atoms with E-state index in [0.717, 1.165) is 24.7 Å². The normalized spacial score (nSPS) is 15.1. The quantitative estimate of drug-likeness (QED) is 0.617. The molecule has 3 rings (SSSR count). The number of anilines is 2. The van der Waals surface area contributed by atoms with Crippen LogP contribution < -0.4 is 9.80 Å². The Morgan fingerprint density at radius 2 is 1.83 bits per heavy atom. The van der Waals surface area contributed by atoms with Crippen molar-refractivity contribution in [3.05, 3.63) is 33.9 Å². The monoisotopic (exact) mass is 317 g/mol. The van der Waals surface area contributed by atoms with Gasteiger partial charge in [-0.2, -0.15) is 5.10 Å². The van der Waals surface area contributed by atoms with Crippen LogP contribution >= 0.6 is 0 Å². The Morgan fingerprint density at radius 1 is 1.17 bits per heavy atom. The van der Waals surface area contributed by atoms with E-state index >= 15 is 0 Å². The number of rotatable bonds is 3. The van der Waals surface area contributed by atoms with E-state index in [2.05, 4.69) is 20.0 Å². The predicted molar refractivity (Wildman–Crippen MR) is 85.8 cm³/mol. The predicted octanol–water partition coefficient (Wildman–Crippen LogP) is 1.06. The molecule has 23 heavy (non-hydrogen) atoms. The summed E-state index contributed by atoms with van der Waals surface area (Å²) in [6, 6.07) is 1.89. The average Bonchev–Trinajstić information content (AvgIpc) is 2.82. The van der Waals surface area contributed by atoms with E-state index in [1.807, 2.05) is 17.9 Å². The number of aryl methyl sites for hydroxylation is 3. The summed E-state index contributed by atoms with van der Waals surface area (Å²) < 4.78 is 1.60. The molecule has 9 heteroatoms. The van der Waals surface area contributed by atoms with Crippen LogP contribution in [0.25, 0.3) is 0 Å². The molecule has 2 aromatic rings. The largest absolute Gasteiger partial charge is 0.353 e. The maximum atomic E-state index is 11.3. The Bertz CT molecular complexity index is 735. The van der Waals surface area contributed by atoms with Crippen LogP contribution in [0.15, 0.2) is 12.3 Å². The van der Waals surface area contributed by atoms with Gasteiger partial charge in [0.25, 0.3) is 0 Å². The summed E-state index contributed by atoms with van der Waals surface area (Å²) in [6.45, 7) is 6.39. The average molecular weight is 317 g/mol.